The molecule has 0 aromatic carbocycles. The molecule has 0 saturated carbocycles. The third kappa shape index (κ3) is 1.12. The van der Waals surface area contributed by atoms with Gasteiger partial charge in [0, 0.05) is 16.9 Å². The van der Waals surface area contributed by atoms with E-state index in [4.69, 9.17) is 0 Å². The third-order valence-electron chi connectivity index (χ3n) is 1.97. The summed E-state index contributed by atoms with van der Waals surface area (Å²) in [5, 5.41) is 0. The maximum absolute atomic E-state index is 4.44. The Labute approximate surface area is 65.6 Å². The largest absolute Gasteiger partial charge is 0.288 e. The van der Waals surface area contributed by atoms with Crippen molar-refractivity contribution in [1.29, 1.82) is 0 Å². The van der Waals surface area contributed by atoms with E-state index in [1.807, 2.05) is 11.8 Å². The first-order valence-corrected chi connectivity index (χ1v) is 4.80. The molecule has 2 aliphatic rings. The van der Waals surface area contributed by atoms with Crippen LogP contribution in [0.3, 0.4) is 0 Å². The summed E-state index contributed by atoms with van der Waals surface area (Å²) in [7, 11) is 0. The summed E-state index contributed by atoms with van der Waals surface area (Å²) < 4.78 is 0. The molecule has 1 aliphatic carbocycles. The number of fused-ring (bicyclic) bond motifs is 1. The van der Waals surface area contributed by atoms with Crippen molar-refractivity contribution in [3.8, 4) is 0 Å². The van der Waals surface area contributed by atoms with E-state index in [0.717, 1.165) is 5.75 Å². The van der Waals surface area contributed by atoms with Crippen molar-refractivity contribution in [2.24, 2.45) is 4.99 Å². The van der Waals surface area contributed by atoms with Crippen molar-refractivity contribution < 1.29 is 0 Å². The van der Waals surface area contributed by atoms with Crippen LogP contribution in [0, 0.1) is 0 Å². The average molecular weight is 153 g/mol. The van der Waals surface area contributed by atoms with E-state index in [9.17, 15) is 0 Å². The third-order valence-corrected chi connectivity index (χ3v) is 3.05. The van der Waals surface area contributed by atoms with Gasteiger partial charge in [0.05, 0.1) is 6.04 Å². The van der Waals surface area contributed by atoms with Crippen LogP contribution in [0.5, 0.6) is 0 Å². The van der Waals surface area contributed by atoms with Crippen LogP contribution >= 0.6 is 11.8 Å². The van der Waals surface area contributed by atoms with Crippen molar-refractivity contribution in [2.75, 3.05) is 5.75 Å². The van der Waals surface area contributed by atoms with Gasteiger partial charge in [-0.1, -0.05) is 6.08 Å². The van der Waals surface area contributed by atoms with Gasteiger partial charge in [-0.15, -0.1) is 11.8 Å². The lowest BCUT2D eigenvalue weighted by Gasteiger charge is -2.22. The van der Waals surface area contributed by atoms with Gasteiger partial charge in [-0.3, -0.25) is 4.99 Å². The summed E-state index contributed by atoms with van der Waals surface area (Å²) in [6.45, 7) is 0. The van der Waals surface area contributed by atoms with E-state index < -0.39 is 0 Å². The summed E-state index contributed by atoms with van der Waals surface area (Å²) >= 11 is 1.96. The van der Waals surface area contributed by atoms with Crippen LogP contribution in [-0.2, 0) is 0 Å². The molecule has 0 fully saturated rings. The first-order valence-electron chi connectivity index (χ1n) is 3.81. The molecule has 0 bridgehead atoms. The Hall–Kier alpha value is -0.240. The van der Waals surface area contributed by atoms with Crippen LogP contribution in [0.15, 0.2) is 16.0 Å². The van der Waals surface area contributed by atoms with Gasteiger partial charge in [-0.2, -0.15) is 0 Å². The van der Waals surface area contributed by atoms with Crippen LogP contribution in [0.25, 0.3) is 0 Å². The van der Waals surface area contributed by atoms with E-state index in [1.54, 1.807) is 0 Å². The quantitative estimate of drug-likeness (QED) is 0.520. The number of allylic oxidation sites excluding steroid dienone is 1. The van der Waals surface area contributed by atoms with Crippen LogP contribution in [0.4, 0.5) is 0 Å². The molecule has 0 amide bonds. The maximum Gasteiger partial charge on any atom is 0.0800 e. The standard InChI is InChI=1S/C8H11NS/c1-2-4-8-7(3-1)9-5-6-10-8/h4-5,7H,1-3,6H2. The predicted octanol–water partition coefficient (Wildman–Crippen LogP) is 2.24. The molecule has 0 aromatic rings. The van der Waals surface area contributed by atoms with Gasteiger partial charge in [0.1, 0.15) is 0 Å². The van der Waals surface area contributed by atoms with Gasteiger partial charge in [0.25, 0.3) is 0 Å². The van der Waals surface area contributed by atoms with Crippen LogP contribution in [0.2, 0.25) is 0 Å². The van der Waals surface area contributed by atoms with Crippen molar-refractivity contribution in [3.63, 3.8) is 0 Å². The zero-order valence-corrected chi connectivity index (χ0v) is 6.73. The number of aliphatic imine (C=N–C) groups is 1. The van der Waals surface area contributed by atoms with Crippen molar-refractivity contribution in [1.82, 2.24) is 0 Å². The second-order valence-electron chi connectivity index (χ2n) is 2.70. The number of rotatable bonds is 0. The molecule has 2 heteroatoms. The highest BCUT2D eigenvalue weighted by Gasteiger charge is 2.18. The Morgan fingerprint density at radius 2 is 2.60 bits per heavy atom. The van der Waals surface area contributed by atoms with Crippen molar-refractivity contribution in [3.05, 3.63) is 11.0 Å². The fourth-order valence-corrected chi connectivity index (χ4v) is 2.40. The minimum Gasteiger partial charge on any atom is -0.288 e. The molecular formula is C8H11NS. The zero-order valence-electron chi connectivity index (χ0n) is 5.92. The number of thioether (sulfide) groups is 1. The van der Waals surface area contributed by atoms with Gasteiger partial charge in [-0.25, -0.2) is 0 Å². The molecule has 54 valence electrons. The molecular weight excluding hydrogens is 142 g/mol. The van der Waals surface area contributed by atoms with Crippen LogP contribution in [0.1, 0.15) is 19.3 Å². The Balaban J connectivity index is 2.20. The second kappa shape index (κ2) is 2.79. The van der Waals surface area contributed by atoms with Gasteiger partial charge in [-0.05, 0) is 19.3 Å². The molecule has 1 nitrogen and oxygen atoms in total. The number of nitrogens with zero attached hydrogens (tertiary/aromatic N) is 1. The smallest absolute Gasteiger partial charge is 0.0800 e. The topological polar surface area (TPSA) is 12.4 Å². The molecule has 0 saturated heterocycles. The summed E-state index contributed by atoms with van der Waals surface area (Å²) in [6.07, 6.45) is 8.28. The lowest BCUT2D eigenvalue weighted by Crippen LogP contribution is -2.14. The number of hydrogen-bond acceptors (Lipinski definition) is 2. The minimum atomic E-state index is 0.549. The summed E-state index contributed by atoms with van der Waals surface area (Å²) in [4.78, 5) is 5.96. The summed E-state index contributed by atoms with van der Waals surface area (Å²) in [6, 6.07) is 0.549. The Bertz CT molecular complexity index is 184. The highest BCUT2D eigenvalue weighted by atomic mass is 32.2. The molecule has 1 atom stereocenters. The SMILES string of the molecule is C1=NC2CCCC=C2SC1. The van der Waals surface area contributed by atoms with Gasteiger partial charge in [0.15, 0.2) is 0 Å². The number of hydrogen-bond donors (Lipinski definition) is 0. The lowest BCUT2D eigenvalue weighted by atomic mass is 10.0. The van der Waals surface area contributed by atoms with Gasteiger partial charge < -0.3 is 0 Å². The summed E-state index contributed by atoms with van der Waals surface area (Å²) in [5.41, 5.74) is 0. The Kier molecular flexibility index (Phi) is 1.80. The van der Waals surface area contributed by atoms with Crippen molar-refractivity contribution in [2.45, 2.75) is 25.3 Å². The van der Waals surface area contributed by atoms with Crippen molar-refractivity contribution >= 4 is 18.0 Å². The molecule has 0 N–H and O–H groups in total. The average Bonchev–Trinajstić information content (AvgIpc) is 2.05. The molecule has 0 aromatic heterocycles. The highest BCUT2D eigenvalue weighted by Crippen LogP contribution is 2.31. The van der Waals surface area contributed by atoms with E-state index in [-0.39, 0.29) is 0 Å². The fourth-order valence-electron chi connectivity index (χ4n) is 1.44. The molecule has 2 rings (SSSR count). The van der Waals surface area contributed by atoms with E-state index >= 15 is 0 Å². The van der Waals surface area contributed by atoms with E-state index in [2.05, 4.69) is 17.3 Å². The summed E-state index contributed by atoms with van der Waals surface area (Å²) in [5.74, 6) is 1.09. The van der Waals surface area contributed by atoms with Crippen LogP contribution < -0.4 is 0 Å². The molecule has 0 spiro atoms. The minimum absolute atomic E-state index is 0.549. The Morgan fingerprint density at radius 3 is 3.50 bits per heavy atom. The first kappa shape index (κ1) is 6.47. The van der Waals surface area contributed by atoms with E-state index in [0.29, 0.717) is 6.04 Å². The highest BCUT2D eigenvalue weighted by molar-refractivity contribution is 8.03. The van der Waals surface area contributed by atoms with Gasteiger partial charge >= 0.3 is 0 Å². The molecule has 1 aliphatic heterocycles. The maximum atomic E-state index is 4.44. The van der Waals surface area contributed by atoms with Crippen LogP contribution in [-0.4, -0.2) is 18.0 Å². The molecule has 0 radical (unpaired) electrons. The fraction of sp³-hybridized carbons (Fsp3) is 0.625. The normalized spacial score (nSPS) is 31.2. The molecule has 1 unspecified atom stereocenters. The zero-order chi connectivity index (χ0) is 6.81. The first-order chi connectivity index (χ1) is 4.97. The molecule has 1 heterocycles. The molecule has 10 heavy (non-hydrogen) atoms. The lowest BCUT2D eigenvalue weighted by molar-refractivity contribution is 0.639. The second-order valence-corrected chi connectivity index (χ2v) is 3.79. The van der Waals surface area contributed by atoms with E-state index in [1.165, 1.54) is 24.2 Å². The Morgan fingerprint density at radius 1 is 1.60 bits per heavy atom. The monoisotopic (exact) mass is 153 g/mol. The van der Waals surface area contributed by atoms with Gasteiger partial charge in [0.2, 0.25) is 0 Å². The predicted molar refractivity (Wildman–Crippen MR) is 46.7 cm³/mol.